The van der Waals surface area contributed by atoms with Crippen molar-refractivity contribution in [1.82, 2.24) is 5.01 Å². The Bertz CT molecular complexity index is 1130. The van der Waals surface area contributed by atoms with Crippen LogP contribution in [-0.2, 0) is 4.79 Å². The maximum Gasteiger partial charge on any atom is 0.281 e. The van der Waals surface area contributed by atoms with E-state index in [1.54, 1.807) is 7.11 Å². The molecule has 0 bridgehead atoms. The van der Waals surface area contributed by atoms with Crippen LogP contribution in [0.25, 0.3) is 0 Å². The number of nitro groups is 1. The molecule has 0 aliphatic carbocycles. The SMILES string of the molecule is COc1ccc([C@H]2CC(c3ccccc3)=NN2C(=O)COc2ccc([N+](=O)[O-])cc2)cc1. The third-order valence-electron chi connectivity index (χ3n) is 5.18. The minimum absolute atomic E-state index is 0.0418. The zero-order chi connectivity index (χ0) is 22.5. The van der Waals surface area contributed by atoms with Crippen LogP contribution in [0, 0.1) is 10.1 Å². The molecule has 1 atom stereocenters. The number of nitro benzene ring substituents is 1. The fourth-order valence-corrected chi connectivity index (χ4v) is 3.51. The Morgan fingerprint density at radius 1 is 1.03 bits per heavy atom. The first-order valence-electron chi connectivity index (χ1n) is 10.0. The molecule has 162 valence electrons. The Morgan fingerprint density at radius 3 is 2.31 bits per heavy atom. The Kier molecular flexibility index (Phi) is 6.12. The van der Waals surface area contributed by atoms with Crippen molar-refractivity contribution in [3.63, 3.8) is 0 Å². The number of non-ortho nitro benzene ring substituents is 1. The number of ether oxygens (including phenoxy) is 2. The molecule has 0 saturated heterocycles. The van der Waals surface area contributed by atoms with Crippen molar-refractivity contribution in [2.24, 2.45) is 5.10 Å². The predicted molar refractivity (Wildman–Crippen MR) is 119 cm³/mol. The highest BCUT2D eigenvalue weighted by Gasteiger charge is 2.33. The number of hydrogen-bond donors (Lipinski definition) is 0. The van der Waals surface area contributed by atoms with E-state index < -0.39 is 4.92 Å². The van der Waals surface area contributed by atoms with Crippen LogP contribution < -0.4 is 9.47 Å². The quantitative estimate of drug-likeness (QED) is 0.409. The molecule has 0 fully saturated rings. The second-order valence-corrected chi connectivity index (χ2v) is 7.18. The lowest BCUT2D eigenvalue weighted by molar-refractivity contribution is -0.384. The van der Waals surface area contributed by atoms with Gasteiger partial charge in [0.15, 0.2) is 6.61 Å². The molecule has 1 heterocycles. The number of methoxy groups -OCH3 is 1. The van der Waals surface area contributed by atoms with E-state index in [1.165, 1.54) is 29.3 Å². The number of carbonyl (C=O) groups excluding carboxylic acids is 1. The van der Waals surface area contributed by atoms with Gasteiger partial charge < -0.3 is 9.47 Å². The van der Waals surface area contributed by atoms with Gasteiger partial charge in [0.1, 0.15) is 11.5 Å². The van der Waals surface area contributed by atoms with Gasteiger partial charge in [0, 0.05) is 18.6 Å². The fraction of sp³-hybridized carbons (Fsp3) is 0.167. The number of nitrogens with zero attached hydrogens (tertiary/aromatic N) is 3. The van der Waals surface area contributed by atoms with Gasteiger partial charge in [-0.05, 0) is 35.4 Å². The molecule has 0 N–H and O–H groups in total. The highest BCUT2D eigenvalue weighted by molar-refractivity contribution is 6.03. The molecule has 32 heavy (non-hydrogen) atoms. The Hall–Kier alpha value is -4.20. The predicted octanol–water partition coefficient (Wildman–Crippen LogP) is 4.36. The molecule has 0 unspecified atom stereocenters. The average molecular weight is 431 g/mol. The third-order valence-corrected chi connectivity index (χ3v) is 5.18. The molecule has 0 spiro atoms. The van der Waals surface area contributed by atoms with Crippen LogP contribution in [0.3, 0.4) is 0 Å². The van der Waals surface area contributed by atoms with E-state index in [9.17, 15) is 14.9 Å². The van der Waals surface area contributed by atoms with E-state index in [2.05, 4.69) is 5.10 Å². The van der Waals surface area contributed by atoms with Crippen molar-refractivity contribution < 1.29 is 19.2 Å². The first kappa shape index (κ1) is 21.0. The monoisotopic (exact) mass is 431 g/mol. The maximum absolute atomic E-state index is 13.0. The molecule has 0 radical (unpaired) electrons. The highest BCUT2D eigenvalue weighted by atomic mass is 16.6. The summed E-state index contributed by atoms with van der Waals surface area (Å²) in [6.07, 6.45) is 0.569. The van der Waals surface area contributed by atoms with Crippen LogP contribution in [0.1, 0.15) is 23.6 Å². The van der Waals surface area contributed by atoms with Crippen LogP contribution in [0.5, 0.6) is 11.5 Å². The molecule has 3 aromatic rings. The van der Waals surface area contributed by atoms with Crippen LogP contribution in [0.4, 0.5) is 5.69 Å². The van der Waals surface area contributed by atoms with Gasteiger partial charge in [-0.3, -0.25) is 14.9 Å². The van der Waals surface area contributed by atoms with Gasteiger partial charge in [-0.1, -0.05) is 42.5 Å². The molecule has 8 nitrogen and oxygen atoms in total. The van der Waals surface area contributed by atoms with E-state index in [4.69, 9.17) is 9.47 Å². The van der Waals surface area contributed by atoms with Crippen LogP contribution >= 0.6 is 0 Å². The number of rotatable bonds is 7. The molecule has 8 heteroatoms. The Morgan fingerprint density at radius 2 is 1.69 bits per heavy atom. The first-order chi connectivity index (χ1) is 15.5. The molecule has 1 aliphatic rings. The lowest BCUT2D eigenvalue weighted by atomic mass is 9.98. The van der Waals surface area contributed by atoms with Gasteiger partial charge >= 0.3 is 0 Å². The number of carbonyl (C=O) groups is 1. The van der Waals surface area contributed by atoms with Gasteiger partial charge in [-0.15, -0.1) is 0 Å². The normalized spacial score (nSPS) is 15.2. The summed E-state index contributed by atoms with van der Waals surface area (Å²) >= 11 is 0. The second-order valence-electron chi connectivity index (χ2n) is 7.18. The van der Waals surface area contributed by atoms with Crippen molar-refractivity contribution >= 4 is 17.3 Å². The lowest BCUT2D eigenvalue weighted by Gasteiger charge is -2.22. The van der Waals surface area contributed by atoms with Crippen molar-refractivity contribution in [3.8, 4) is 11.5 Å². The standard InChI is InChI=1S/C24H21N3O5/c1-31-20-11-7-18(8-12-20)23-15-22(17-5-3-2-4-6-17)25-26(23)24(28)16-32-21-13-9-19(10-14-21)27(29)30/h2-14,23H,15-16H2,1H3/t23-/m1/s1. The smallest absolute Gasteiger partial charge is 0.281 e. The summed E-state index contributed by atoms with van der Waals surface area (Å²) in [6, 6.07) is 22.6. The number of hydrogen-bond acceptors (Lipinski definition) is 6. The summed E-state index contributed by atoms with van der Waals surface area (Å²) in [5.41, 5.74) is 2.66. The Balaban J connectivity index is 1.54. The summed E-state index contributed by atoms with van der Waals surface area (Å²) in [6.45, 7) is -0.240. The number of amides is 1. The van der Waals surface area contributed by atoms with E-state index in [0.717, 1.165) is 22.6 Å². The van der Waals surface area contributed by atoms with Gasteiger partial charge in [-0.2, -0.15) is 5.10 Å². The van der Waals surface area contributed by atoms with Gasteiger partial charge in [0.25, 0.3) is 11.6 Å². The van der Waals surface area contributed by atoms with Crippen molar-refractivity contribution in [3.05, 3.63) is 100 Å². The Labute approximate surface area is 184 Å². The third kappa shape index (κ3) is 4.59. The second kappa shape index (κ2) is 9.30. The molecule has 1 amide bonds. The minimum atomic E-state index is -0.488. The van der Waals surface area contributed by atoms with Gasteiger partial charge in [-0.25, -0.2) is 5.01 Å². The lowest BCUT2D eigenvalue weighted by Crippen LogP contribution is -2.31. The molecule has 4 rings (SSSR count). The zero-order valence-corrected chi connectivity index (χ0v) is 17.4. The summed E-state index contributed by atoms with van der Waals surface area (Å²) in [5, 5.41) is 16.9. The van der Waals surface area contributed by atoms with E-state index in [0.29, 0.717) is 12.2 Å². The molecule has 0 aromatic heterocycles. The first-order valence-corrected chi connectivity index (χ1v) is 10.0. The van der Waals surface area contributed by atoms with E-state index >= 15 is 0 Å². The molecule has 3 aromatic carbocycles. The maximum atomic E-state index is 13.0. The zero-order valence-electron chi connectivity index (χ0n) is 17.4. The highest BCUT2D eigenvalue weighted by Crippen LogP contribution is 2.33. The van der Waals surface area contributed by atoms with Crippen LogP contribution in [-0.4, -0.2) is 35.3 Å². The van der Waals surface area contributed by atoms with E-state index in [1.807, 2.05) is 54.6 Å². The van der Waals surface area contributed by atoms with E-state index in [-0.39, 0.29) is 24.2 Å². The summed E-state index contributed by atoms with van der Waals surface area (Å²) < 4.78 is 10.8. The number of benzene rings is 3. The van der Waals surface area contributed by atoms with Crippen molar-refractivity contribution in [1.29, 1.82) is 0 Å². The molecule has 1 aliphatic heterocycles. The van der Waals surface area contributed by atoms with Crippen molar-refractivity contribution in [2.45, 2.75) is 12.5 Å². The largest absolute Gasteiger partial charge is 0.497 e. The fourth-order valence-electron chi connectivity index (χ4n) is 3.51. The summed E-state index contributed by atoms with van der Waals surface area (Å²) in [4.78, 5) is 23.3. The molecular weight excluding hydrogens is 410 g/mol. The van der Waals surface area contributed by atoms with Gasteiger partial charge in [0.05, 0.1) is 23.8 Å². The van der Waals surface area contributed by atoms with Gasteiger partial charge in [0.2, 0.25) is 0 Å². The minimum Gasteiger partial charge on any atom is -0.497 e. The summed E-state index contributed by atoms with van der Waals surface area (Å²) in [7, 11) is 1.60. The van der Waals surface area contributed by atoms with Crippen LogP contribution in [0.2, 0.25) is 0 Å². The molecule has 0 saturated carbocycles. The average Bonchev–Trinajstić information content (AvgIpc) is 3.29. The topological polar surface area (TPSA) is 94.3 Å². The number of hydrazone groups is 1. The summed E-state index contributed by atoms with van der Waals surface area (Å²) in [5.74, 6) is 0.793. The van der Waals surface area contributed by atoms with Crippen LogP contribution in [0.15, 0.2) is 84.0 Å². The molecular formula is C24H21N3O5. The van der Waals surface area contributed by atoms with Crippen molar-refractivity contribution in [2.75, 3.05) is 13.7 Å².